The van der Waals surface area contributed by atoms with E-state index in [2.05, 4.69) is 15.3 Å². The molecule has 2 amide bonds. The maximum atomic E-state index is 12.1. The van der Waals surface area contributed by atoms with Gasteiger partial charge in [0.1, 0.15) is 5.82 Å². The van der Waals surface area contributed by atoms with Gasteiger partial charge in [-0.3, -0.25) is 0 Å². The fourth-order valence-corrected chi connectivity index (χ4v) is 3.96. The molecule has 1 aliphatic heterocycles. The molecule has 1 saturated heterocycles. The lowest BCUT2D eigenvalue weighted by molar-refractivity contribution is 0.195. The van der Waals surface area contributed by atoms with Gasteiger partial charge in [0.15, 0.2) is 0 Å². The van der Waals surface area contributed by atoms with E-state index in [9.17, 15) is 4.79 Å². The number of hydrogen-bond acceptors (Lipinski definition) is 3. The number of urea groups is 1. The van der Waals surface area contributed by atoms with Crippen molar-refractivity contribution in [3.63, 3.8) is 0 Å². The monoisotopic (exact) mass is 318 g/mol. The number of imidazole rings is 1. The predicted molar refractivity (Wildman–Crippen MR) is 91.3 cm³/mol. The average Bonchev–Trinajstić information content (AvgIpc) is 3.19. The van der Waals surface area contributed by atoms with Gasteiger partial charge in [-0.15, -0.1) is 0 Å². The van der Waals surface area contributed by atoms with Gasteiger partial charge in [-0.2, -0.15) is 11.8 Å². The minimum atomic E-state index is 0.0390. The lowest BCUT2D eigenvalue weighted by Gasteiger charge is -2.24. The summed E-state index contributed by atoms with van der Waals surface area (Å²) in [6.45, 7) is 0.681. The number of para-hydroxylation sites is 2. The van der Waals surface area contributed by atoms with E-state index >= 15 is 0 Å². The molecule has 118 valence electrons. The number of carbonyl (C=O) groups is 1. The zero-order valence-corrected chi connectivity index (χ0v) is 13.7. The van der Waals surface area contributed by atoms with Gasteiger partial charge in [0.25, 0.3) is 0 Å². The number of nitrogens with zero attached hydrogens (tertiary/aromatic N) is 2. The molecule has 3 rings (SSSR count). The molecular formula is C16H22N4OS. The highest BCUT2D eigenvalue weighted by Gasteiger charge is 2.23. The summed E-state index contributed by atoms with van der Waals surface area (Å²) >= 11 is 1.92. The summed E-state index contributed by atoms with van der Waals surface area (Å²) < 4.78 is 0. The van der Waals surface area contributed by atoms with Crippen molar-refractivity contribution in [2.75, 3.05) is 25.1 Å². The molecular weight excluding hydrogens is 296 g/mol. The van der Waals surface area contributed by atoms with Crippen LogP contribution in [0.1, 0.15) is 18.7 Å². The Hall–Kier alpha value is -1.69. The Morgan fingerprint density at radius 3 is 3.14 bits per heavy atom. The topological polar surface area (TPSA) is 61.0 Å². The van der Waals surface area contributed by atoms with Gasteiger partial charge in [0.2, 0.25) is 0 Å². The van der Waals surface area contributed by atoms with Crippen LogP contribution in [0, 0.1) is 0 Å². The van der Waals surface area contributed by atoms with Crippen molar-refractivity contribution in [1.82, 2.24) is 20.2 Å². The van der Waals surface area contributed by atoms with E-state index in [4.69, 9.17) is 0 Å². The highest BCUT2D eigenvalue weighted by Crippen LogP contribution is 2.21. The van der Waals surface area contributed by atoms with E-state index < -0.39 is 0 Å². The molecule has 1 aliphatic rings. The zero-order valence-electron chi connectivity index (χ0n) is 12.8. The summed E-state index contributed by atoms with van der Waals surface area (Å²) in [4.78, 5) is 21.8. The molecule has 0 spiro atoms. The summed E-state index contributed by atoms with van der Waals surface area (Å²) in [7, 11) is 1.89. The number of nitrogens with one attached hydrogen (secondary N) is 2. The molecule has 0 saturated carbocycles. The molecule has 5 nitrogen and oxygen atoms in total. The van der Waals surface area contributed by atoms with Gasteiger partial charge in [0, 0.05) is 31.8 Å². The average molecular weight is 318 g/mol. The van der Waals surface area contributed by atoms with Crippen LogP contribution in [-0.2, 0) is 6.42 Å². The van der Waals surface area contributed by atoms with Crippen molar-refractivity contribution in [3.8, 4) is 0 Å². The summed E-state index contributed by atoms with van der Waals surface area (Å²) in [6, 6.07) is 8.46. The first kappa shape index (κ1) is 15.2. The summed E-state index contributed by atoms with van der Waals surface area (Å²) in [6.07, 6.45) is 2.84. The number of rotatable bonds is 5. The van der Waals surface area contributed by atoms with E-state index in [0.29, 0.717) is 12.6 Å². The van der Waals surface area contributed by atoms with Crippen LogP contribution in [0.4, 0.5) is 4.79 Å². The van der Waals surface area contributed by atoms with E-state index in [1.807, 2.05) is 48.0 Å². The normalized spacial score (nSPS) is 17.8. The molecule has 22 heavy (non-hydrogen) atoms. The Bertz CT molecular complexity index is 603. The molecule has 2 aromatic rings. The molecule has 1 aromatic heterocycles. The molecule has 0 radical (unpaired) electrons. The van der Waals surface area contributed by atoms with E-state index in [0.717, 1.165) is 47.6 Å². The van der Waals surface area contributed by atoms with Crippen molar-refractivity contribution in [1.29, 1.82) is 0 Å². The number of aromatic amines is 1. The molecule has 0 bridgehead atoms. The van der Waals surface area contributed by atoms with Crippen molar-refractivity contribution in [2.24, 2.45) is 0 Å². The van der Waals surface area contributed by atoms with E-state index in [-0.39, 0.29) is 6.03 Å². The van der Waals surface area contributed by atoms with Gasteiger partial charge in [-0.05, 0) is 30.7 Å². The Morgan fingerprint density at radius 2 is 2.36 bits per heavy atom. The van der Waals surface area contributed by atoms with Gasteiger partial charge >= 0.3 is 6.03 Å². The number of thioether (sulfide) groups is 1. The number of amides is 2. The molecule has 6 heteroatoms. The Labute approximate surface area is 134 Å². The van der Waals surface area contributed by atoms with Gasteiger partial charge in [0.05, 0.1) is 11.0 Å². The zero-order chi connectivity index (χ0) is 15.4. The summed E-state index contributed by atoms with van der Waals surface area (Å²) in [5.74, 6) is 3.20. The van der Waals surface area contributed by atoms with Crippen LogP contribution in [0.15, 0.2) is 24.3 Å². The molecule has 2 heterocycles. The smallest absolute Gasteiger partial charge is 0.317 e. The van der Waals surface area contributed by atoms with Crippen molar-refractivity contribution >= 4 is 28.8 Å². The molecule has 0 aliphatic carbocycles. The Kier molecular flexibility index (Phi) is 4.87. The lowest BCUT2D eigenvalue weighted by Crippen LogP contribution is -2.44. The van der Waals surface area contributed by atoms with E-state index in [1.165, 1.54) is 0 Å². The highest BCUT2D eigenvalue weighted by molar-refractivity contribution is 7.99. The van der Waals surface area contributed by atoms with Crippen LogP contribution >= 0.6 is 11.8 Å². The molecule has 1 atom stereocenters. The van der Waals surface area contributed by atoms with Gasteiger partial charge in [-0.1, -0.05) is 12.1 Å². The van der Waals surface area contributed by atoms with Gasteiger partial charge in [-0.25, -0.2) is 9.78 Å². The number of H-pyrrole nitrogens is 1. The number of benzene rings is 1. The third-order valence-electron chi connectivity index (χ3n) is 4.08. The first-order chi connectivity index (χ1) is 10.7. The minimum Gasteiger partial charge on any atom is -0.342 e. The largest absolute Gasteiger partial charge is 0.342 e. The first-order valence-electron chi connectivity index (χ1n) is 7.76. The SMILES string of the molecule is CN(C(=O)NCCCc1nc2ccccc2[nH]1)C1CCSC1. The number of aromatic nitrogens is 2. The Morgan fingerprint density at radius 1 is 1.50 bits per heavy atom. The maximum Gasteiger partial charge on any atom is 0.317 e. The standard InChI is InChI=1S/C16H22N4OS/c1-20(12-8-10-22-11-12)16(21)17-9-4-7-15-18-13-5-2-3-6-14(13)19-15/h2-3,5-6,12H,4,7-11H2,1H3,(H,17,21)(H,18,19). The predicted octanol–water partition coefficient (Wildman–Crippen LogP) is 2.64. The van der Waals surface area contributed by atoms with Crippen LogP contribution in [0.5, 0.6) is 0 Å². The molecule has 1 aromatic carbocycles. The highest BCUT2D eigenvalue weighted by atomic mass is 32.2. The fraction of sp³-hybridized carbons (Fsp3) is 0.500. The van der Waals surface area contributed by atoms with E-state index in [1.54, 1.807) is 0 Å². The summed E-state index contributed by atoms with van der Waals surface area (Å²) in [5.41, 5.74) is 2.07. The Balaban J connectivity index is 1.42. The lowest BCUT2D eigenvalue weighted by atomic mass is 10.2. The van der Waals surface area contributed by atoms with Gasteiger partial charge < -0.3 is 15.2 Å². The number of carbonyl (C=O) groups excluding carboxylic acids is 1. The number of fused-ring (bicyclic) bond motifs is 1. The number of aryl methyl sites for hydroxylation is 1. The fourth-order valence-electron chi connectivity index (χ4n) is 2.69. The minimum absolute atomic E-state index is 0.0390. The van der Waals surface area contributed by atoms with Crippen LogP contribution in [-0.4, -0.2) is 52.0 Å². The maximum absolute atomic E-state index is 12.1. The second kappa shape index (κ2) is 7.05. The van der Waals surface area contributed by atoms with Crippen molar-refractivity contribution < 1.29 is 4.79 Å². The summed E-state index contributed by atoms with van der Waals surface area (Å²) in [5, 5.41) is 3.00. The molecule has 2 N–H and O–H groups in total. The van der Waals surface area contributed by atoms with Crippen LogP contribution in [0.3, 0.4) is 0 Å². The quantitative estimate of drug-likeness (QED) is 0.833. The second-order valence-electron chi connectivity index (χ2n) is 5.66. The molecule has 1 fully saturated rings. The molecule has 1 unspecified atom stereocenters. The van der Waals surface area contributed by atoms with Crippen molar-refractivity contribution in [3.05, 3.63) is 30.1 Å². The third-order valence-corrected chi connectivity index (χ3v) is 5.22. The third kappa shape index (κ3) is 3.55. The van der Waals surface area contributed by atoms with Crippen LogP contribution in [0.2, 0.25) is 0 Å². The number of hydrogen-bond donors (Lipinski definition) is 2. The second-order valence-corrected chi connectivity index (χ2v) is 6.81. The first-order valence-corrected chi connectivity index (χ1v) is 8.91. The van der Waals surface area contributed by atoms with Crippen LogP contribution < -0.4 is 5.32 Å². The van der Waals surface area contributed by atoms with Crippen molar-refractivity contribution in [2.45, 2.75) is 25.3 Å². The van der Waals surface area contributed by atoms with Crippen LogP contribution in [0.25, 0.3) is 11.0 Å².